The van der Waals surface area contributed by atoms with Crippen LogP contribution in [0.1, 0.15) is 323 Å². The van der Waals surface area contributed by atoms with Crippen LogP contribution in [0.4, 0.5) is 0 Å². The van der Waals surface area contributed by atoms with Crippen LogP contribution in [0.15, 0.2) is 72.9 Å². The summed E-state index contributed by atoms with van der Waals surface area (Å²) in [5, 5.41) is 0. The lowest BCUT2D eigenvalue weighted by atomic mass is 10.0. The molecule has 6 heteroatoms. The van der Waals surface area contributed by atoms with Crippen molar-refractivity contribution in [2.24, 2.45) is 0 Å². The van der Waals surface area contributed by atoms with E-state index in [1.807, 2.05) is 0 Å². The smallest absolute Gasteiger partial charge is 0.306 e. The Morgan fingerprint density at radius 1 is 0.284 bits per heavy atom. The van der Waals surface area contributed by atoms with Gasteiger partial charge in [-0.1, -0.05) is 286 Å². The van der Waals surface area contributed by atoms with E-state index < -0.39 is 6.10 Å². The summed E-state index contributed by atoms with van der Waals surface area (Å²) in [6, 6.07) is 0. The average Bonchev–Trinajstić information content (AvgIpc) is 3.40. The molecule has 0 spiro atoms. The molecule has 0 saturated heterocycles. The second-order valence-corrected chi connectivity index (χ2v) is 21.3. The SMILES string of the molecule is CC/C=C\C/C=C\C/C=C\C/C=C\C/C=C\CCCCCCCCCC(=O)OCC(COC(=O)CCCCCCCCCCCCCCCC)OC(=O)CCCCCCCCCCC/C=C\CCCCCCCC. The molecule has 0 bridgehead atoms. The number of carbonyl (C=O) groups is 3. The van der Waals surface area contributed by atoms with E-state index in [-0.39, 0.29) is 31.1 Å². The van der Waals surface area contributed by atoms with Gasteiger partial charge >= 0.3 is 17.9 Å². The molecule has 6 nitrogen and oxygen atoms in total. The van der Waals surface area contributed by atoms with Gasteiger partial charge < -0.3 is 14.2 Å². The Morgan fingerprint density at radius 2 is 0.527 bits per heavy atom. The molecule has 0 aromatic carbocycles. The Labute approximate surface area is 459 Å². The van der Waals surface area contributed by atoms with Gasteiger partial charge in [-0.25, -0.2) is 0 Å². The summed E-state index contributed by atoms with van der Waals surface area (Å²) < 4.78 is 16.9. The topological polar surface area (TPSA) is 78.9 Å². The molecule has 0 aromatic rings. The van der Waals surface area contributed by atoms with Gasteiger partial charge in [0.25, 0.3) is 0 Å². The van der Waals surface area contributed by atoms with Gasteiger partial charge in [0.2, 0.25) is 0 Å². The maximum atomic E-state index is 12.9. The van der Waals surface area contributed by atoms with Crippen molar-refractivity contribution < 1.29 is 28.6 Å². The van der Waals surface area contributed by atoms with Gasteiger partial charge in [0.1, 0.15) is 13.2 Å². The monoisotopic (exact) mass is 1030 g/mol. The van der Waals surface area contributed by atoms with E-state index in [9.17, 15) is 14.4 Å². The van der Waals surface area contributed by atoms with Crippen LogP contribution in [0.5, 0.6) is 0 Å². The molecule has 0 heterocycles. The number of unbranched alkanes of at least 4 members (excludes halogenated alkanes) is 35. The molecule has 0 aliphatic heterocycles. The van der Waals surface area contributed by atoms with E-state index in [2.05, 4.69) is 93.7 Å². The summed E-state index contributed by atoms with van der Waals surface area (Å²) in [4.78, 5) is 38.3. The van der Waals surface area contributed by atoms with E-state index in [4.69, 9.17) is 14.2 Å². The second-order valence-electron chi connectivity index (χ2n) is 21.3. The fraction of sp³-hybridized carbons (Fsp3) is 0.779. The quantitative estimate of drug-likeness (QED) is 0.0261. The average molecular weight is 1030 g/mol. The largest absolute Gasteiger partial charge is 0.462 e. The number of carbonyl (C=O) groups excluding carboxylic acids is 3. The van der Waals surface area contributed by atoms with E-state index in [1.54, 1.807) is 0 Å². The maximum Gasteiger partial charge on any atom is 0.306 e. The maximum absolute atomic E-state index is 12.9. The fourth-order valence-electron chi connectivity index (χ4n) is 9.17. The molecule has 1 unspecified atom stereocenters. The highest BCUT2D eigenvalue weighted by atomic mass is 16.6. The van der Waals surface area contributed by atoms with Gasteiger partial charge in [0.15, 0.2) is 6.10 Å². The van der Waals surface area contributed by atoms with Gasteiger partial charge in [-0.2, -0.15) is 0 Å². The van der Waals surface area contributed by atoms with Crippen molar-refractivity contribution in [3.8, 4) is 0 Å². The number of esters is 3. The molecule has 0 N–H and O–H groups in total. The Morgan fingerprint density at radius 3 is 0.838 bits per heavy atom. The Balaban J connectivity index is 4.36. The van der Waals surface area contributed by atoms with Crippen molar-refractivity contribution in [1.29, 1.82) is 0 Å². The number of hydrogen-bond donors (Lipinski definition) is 0. The standard InChI is InChI=1S/C68H120O6/c1-4-7-10-13-16-19-22-25-28-30-32-33-34-35-37-38-40-43-46-49-52-55-58-61-67(70)73-64-65(63-72-66(69)60-57-54-51-48-45-42-27-24-21-18-15-12-9-6-3)74-68(71)62-59-56-53-50-47-44-41-39-36-31-29-26-23-20-17-14-11-8-5-2/h7,10,16,19,25-26,28-29,32-33,35,37,65H,4-6,8-9,11-15,17-18,20-24,27,30-31,34,36,38-64H2,1-3H3/b10-7-,19-16-,28-25-,29-26-,33-32-,37-35-. The third kappa shape index (κ3) is 59.7. The molecule has 0 aliphatic carbocycles. The van der Waals surface area contributed by atoms with Crippen molar-refractivity contribution in [2.75, 3.05) is 13.2 Å². The third-order valence-corrected chi connectivity index (χ3v) is 13.9. The van der Waals surface area contributed by atoms with Gasteiger partial charge in [0.05, 0.1) is 0 Å². The Hall–Kier alpha value is -3.15. The number of hydrogen-bond acceptors (Lipinski definition) is 6. The molecule has 0 aromatic heterocycles. The molecule has 0 amide bonds. The van der Waals surface area contributed by atoms with Crippen molar-refractivity contribution >= 4 is 17.9 Å². The Bertz CT molecular complexity index is 1370. The molecule has 1 atom stereocenters. The van der Waals surface area contributed by atoms with Crippen molar-refractivity contribution in [3.63, 3.8) is 0 Å². The van der Waals surface area contributed by atoms with Gasteiger partial charge in [0, 0.05) is 19.3 Å². The predicted octanol–water partition coefficient (Wildman–Crippen LogP) is 21.7. The summed E-state index contributed by atoms with van der Waals surface area (Å²) in [5.74, 6) is -0.874. The summed E-state index contributed by atoms with van der Waals surface area (Å²) in [6.07, 6.45) is 80.4. The zero-order valence-corrected chi connectivity index (χ0v) is 49.1. The van der Waals surface area contributed by atoms with Crippen LogP contribution < -0.4 is 0 Å². The molecule has 74 heavy (non-hydrogen) atoms. The minimum absolute atomic E-state index is 0.0764. The fourth-order valence-corrected chi connectivity index (χ4v) is 9.17. The van der Waals surface area contributed by atoms with Crippen molar-refractivity contribution in [3.05, 3.63) is 72.9 Å². The summed E-state index contributed by atoms with van der Waals surface area (Å²) in [5.41, 5.74) is 0. The first-order chi connectivity index (χ1) is 36.5. The van der Waals surface area contributed by atoms with Crippen LogP contribution in [0.2, 0.25) is 0 Å². The normalized spacial score (nSPS) is 12.5. The highest BCUT2D eigenvalue weighted by Crippen LogP contribution is 2.17. The summed E-state index contributed by atoms with van der Waals surface area (Å²) in [7, 11) is 0. The molecular formula is C68H120O6. The van der Waals surface area contributed by atoms with Gasteiger partial charge in [-0.15, -0.1) is 0 Å². The first-order valence-corrected chi connectivity index (χ1v) is 31.9. The van der Waals surface area contributed by atoms with Crippen LogP contribution >= 0.6 is 0 Å². The van der Waals surface area contributed by atoms with E-state index in [1.165, 1.54) is 186 Å². The van der Waals surface area contributed by atoms with Crippen LogP contribution in [0.3, 0.4) is 0 Å². The molecule has 428 valence electrons. The molecule has 0 saturated carbocycles. The minimum atomic E-state index is -0.780. The van der Waals surface area contributed by atoms with Crippen molar-refractivity contribution in [2.45, 2.75) is 329 Å². The number of rotatable bonds is 58. The van der Waals surface area contributed by atoms with Crippen molar-refractivity contribution in [1.82, 2.24) is 0 Å². The number of ether oxygens (including phenoxy) is 3. The van der Waals surface area contributed by atoms with Crippen LogP contribution in [-0.4, -0.2) is 37.2 Å². The number of allylic oxidation sites excluding steroid dienone is 12. The lowest BCUT2D eigenvalue weighted by molar-refractivity contribution is -0.167. The second kappa shape index (κ2) is 62.4. The third-order valence-electron chi connectivity index (χ3n) is 13.9. The molecule has 0 rings (SSSR count). The van der Waals surface area contributed by atoms with Crippen LogP contribution in [-0.2, 0) is 28.6 Å². The zero-order chi connectivity index (χ0) is 53.6. The molecule has 0 fully saturated rings. The predicted molar refractivity (Wildman–Crippen MR) is 321 cm³/mol. The first kappa shape index (κ1) is 70.8. The highest BCUT2D eigenvalue weighted by Gasteiger charge is 2.19. The molecule has 0 radical (unpaired) electrons. The first-order valence-electron chi connectivity index (χ1n) is 31.9. The lowest BCUT2D eigenvalue weighted by Gasteiger charge is -2.18. The summed E-state index contributed by atoms with van der Waals surface area (Å²) in [6.45, 7) is 6.55. The minimum Gasteiger partial charge on any atom is -0.462 e. The van der Waals surface area contributed by atoms with Crippen LogP contribution in [0, 0.1) is 0 Å². The van der Waals surface area contributed by atoms with Gasteiger partial charge in [-0.3, -0.25) is 14.4 Å². The van der Waals surface area contributed by atoms with E-state index in [0.717, 1.165) is 96.3 Å². The van der Waals surface area contributed by atoms with Gasteiger partial charge in [-0.05, 0) is 89.9 Å². The zero-order valence-electron chi connectivity index (χ0n) is 49.1. The lowest BCUT2D eigenvalue weighted by Crippen LogP contribution is -2.30. The highest BCUT2D eigenvalue weighted by molar-refractivity contribution is 5.71. The summed E-state index contributed by atoms with van der Waals surface area (Å²) >= 11 is 0. The van der Waals surface area contributed by atoms with E-state index in [0.29, 0.717) is 19.3 Å². The van der Waals surface area contributed by atoms with E-state index >= 15 is 0 Å². The molecular weight excluding hydrogens is 913 g/mol. The van der Waals surface area contributed by atoms with Crippen LogP contribution in [0.25, 0.3) is 0 Å². The Kier molecular flexibility index (Phi) is 59.7. The molecule has 0 aliphatic rings.